The molecule has 0 saturated heterocycles. The Morgan fingerprint density at radius 1 is 1.30 bits per heavy atom. The van der Waals surface area contributed by atoms with Gasteiger partial charge in [-0.05, 0) is 42.8 Å². The standard InChI is InChI=1S/C18H17BrN2O2/c1-11(2)23-12-4-5-16-13(8-12)18-14(10-22-3)15(6-7-19)20-9-17(18)21-16/h4-5,8-9,11,21H,10H2,1-3H3. The summed E-state index contributed by atoms with van der Waals surface area (Å²) in [5.74, 6) is 3.83. The Hall–Kier alpha value is -2.03. The lowest BCUT2D eigenvalue weighted by molar-refractivity contribution is 0.185. The van der Waals surface area contributed by atoms with Crippen LogP contribution < -0.4 is 4.74 Å². The zero-order valence-electron chi connectivity index (χ0n) is 13.2. The summed E-state index contributed by atoms with van der Waals surface area (Å²) in [4.78, 5) is 10.6. The fourth-order valence-corrected chi connectivity index (χ4v) is 2.91. The number of aromatic amines is 1. The average Bonchev–Trinajstić information content (AvgIpc) is 2.87. The van der Waals surface area contributed by atoms with Gasteiger partial charge in [-0.1, -0.05) is 0 Å². The molecule has 0 unspecified atom stereocenters. The highest BCUT2D eigenvalue weighted by atomic mass is 79.9. The van der Waals surface area contributed by atoms with Gasteiger partial charge in [0.25, 0.3) is 0 Å². The normalized spacial score (nSPS) is 11.0. The number of fused-ring (bicyclic) bond motifs is 3. The molecule has 118 valence electrons. The van der Waals surface area contributed by atoms with E-state index >= 15 is 0 Å². The molecule has 3 rings (SSSR count). The van der Waals surface area contributed by atoms with Crippen molar-refractivity contribution >= 4 is 37.7 Å². The number of nitrogens with zero attached hydrogens (tertiary/aromatic N) is 1. The number of pyridine rings is 1. The third-order valence-corrected chi connectivity index (χ3v) is 3.73. The maximum atomic E-state index is 5.82. The predicted molar refractivity (Wildman–Crippen MR) is 95.9 cm³/mol. The van der Waals surface area contributed by atoms with E-state index in [9.17, 15) is 0 Å². The lowest BCUT2D eigenvalue weighted by Gasteiger charge is -2.10. The summed E-state index contributed by atoms with van der Waals surface area (Å²) < 4.78 is 11.2. The van der Waals surface area contributed by atoms with Crippen LogP contribution in [-0.2, 0) is 11.3 Å². The van der Waals surface area contributed by atoms with Crippen molar-refractivity contribution in [1.29, 1.82) is 0 Å². The Bertz CT molecular complexity index is 919. The fraction of sp³-hybridized carbons (Fsp3) is 0.278. The van der Waals surface area contributed by atoms with Gasteiger partial charge in [-0.25, -0.2) is 4.98 Å². The molecule has 0 bridgehead atoms. The van der Waals surface area contributed by atoms with E-state index in [0.29, 0.717) is 12.3 Å². The number of nitrogens with one attached hydrogen (secondary N) is 1. The first-order valence-corrected chi connectivity index (χ1v) is 8.14. The summed E-state index contributed by atoms with van der Waals surface area (Å²) in [5, 5.41) is 2.17. The van der Waals surface area contributed by atoms with Crippen LogP contribution >= 0.6 is 15.9 Å². The van der Waals surface area contributed by atoms with Gasteiger partial charge in [0.15, 0.2) is 0 Å². The van der Waals surface area contributed by atoms with Crippen molar-refractivity contribution in [3.8, 4) is 16.5 Å². The highest BCUT2D eigenvalue weighted by Gasteiger charge is 2.14. The molecule has 2 aromatic heterocycles. The molecule has 1 N–H and O–H groups in total. The van der Waals surface area contributed by atoms with Crippen LogP contribution in [0.15, 0.2) is 24.4 Å². The third-order valence-electron chi connectivity index (χ3n) is 3.54. The maximum Gasteiger partial charge on any atom is 0.120 e. The molecule has 0 atom stereocenters. The van der Waals surface area contributed by atoms with Gasteiger partial charge in [0.05, 0.1) is 24.4 Å². The van der Waals surface area contributed by atoms with Gasteiger partial charge in [0.1, 0.15) is 11.4 Å². The Labute approximate surface area is 143 Å². The average molecular weight is 373 g/mol. The van der Waals surface area contributed by atoms with Crippen molar-refractivity contribution in [3.05, 3.63) is 35.7 Å². The first-order chi connectivity index (χ1) is 11.1. The molecular weight excluding hydrogens is 356 g/mol. The summed E-state index contributed by atoms with van der Waals surface area (Å²) in [6, 6.07) is 6.05. The van der Waals surface area contributed by atoms with Gasteiger partial charge >= 0.3 is 0 Å². The minimum absolute atomic E-state index is 0.132. The lowest BCUT2D eigenvalue weighted by Crippen LogP contribution is -2.05. The van der Waals surface area contributed by atoms with Crippen LogP contribution in [0.2, 0.25) is 0 Å². The Balaban J connectivity index is 2.31. The lowest BCUT2D eigenvalue weighted by atomic mass is 10.1. The van der Waals surface area contributed by atoms with Gasteiger partial charge < -0.3 is 14.5 Å². The van der Waals surface area contributed by atoms with Crippen LogP contribution in [0.3, 0.4) is 0 Å². The van der Waals surface area contributed by atoms with Crippen LogP contribution in [0, 0.1) is 10.8 Å². The topological polar surface area (TPSA) is 47.1 Å². The molecule has 0 saturated carbocycles. The summed E-state index contributed by atoms with van der Waals surface area (Å²) in [6.45, 7) is 4.48. The predicted octanol–water partition coefficient (Wildman–Crippen LogP) is 4.35. The Morgan fingerprint density at radius 3 is 2.83 bits per heavy atom. The van der Waals surface area contributed by atoms with Crippen molar-refractivity contribution in [2.75, 3.05) is 7.11 Å². The molecule has 1 aromatic carbocycles. The largest absolute Gasteiger partial charge is 0.491 e. The molecule has 2 heterocycles. The Kier molecular flexibility index (Phi) is 4.56. The maximum absolute atomic E-state index is 5.82. The quantitative estimate of drug-likeness (QED) is 0.692. The van der Waals surface area contributed by atoms with Gasteiger partial charge in [0, 0.05) is 44.9 Å². The van der Waals surface area contributed by atoms with Gasteiger partial charge in [-0.15, -0.1) is 0 Å². The molecule has 5 heteroatoms. The first-order valence-electron chi connectivity index (χ1n) is 7.34. The minimum atomic E-state index is 0.132. The van der Waals surface area contributed by atoms with E-state index in [1.807, 2.05) is 32.2 Å². The molecule has 3 aromatic rings. The van der Waals surface area contributed by atoms with Gasteiger partial charge in [0.2, 0.25) is 0 Å². The van der Waals surface area contributed by atoms with Crippen LogP contribution in [0.5, 0.6) is 5.75 Å². The van der Waals surface area contributed by atoms with Crippen molar-refractivity contribution in [2.45, 2.75) is 26.6 Å². The number of hydrogen-bond acceptors (Lipinski definition) is 3. The van der Waals surface area contributed by atoms with Crippen LogP contribution in [0.1, 0.15) is 25.1 Å². The van der Waals surface area contributed by atoms with E-state index < -0.39 is 0 Å². The molecule has 0 spiro atoms. The molecular formula is C18H17BrN2O2. The molecule has 0 fully saturated rings. The molecule has 0 aliphatic heterocycles. The first kappa shape index (κ1) is 15.9. The van der Waals surface area contributed by atoms with Crippen molar-refractivity contribution < 1.29 is 9.47 Å². The molecule has 4 nitrogen and oxygen atoms in total. The second-order valence-corrected chi connectivity index (χ2v) is 5.92. The monoisotopic (exact) mass is 372 g/mol. The number of methoxy groups -OCH3 is 1. The van der Waals surface area contributed by atoms with E-state index in [1.54, 1.807) is 7.11 Å². The SMILES string of the molecule is COCc1c(C#CBr)ncc2[nH]c3ccc(OC(C)C)cc3c12. The minimum Gasteiger partial charge on any atom is -0.491 e. The zero-order chi connectivity index (χ0) is 16.4. The highest BCUT2D eigenvalue weighted by molar-refractivity contribution is 9.12. The summed E-state index contributed by atoms with van der Waals surface area (Å²) in [6.07, 6.45) is 1.94. The molecule has 23 heavy (non-hydrogen) atoms. The van der Waals surface area contributed by atoms with E-state index in [4.69, 9.17) is 9.47 Å². The van der Waals surface area contributed by atoms with E-state index in [1.165, 1.54) is 0 Å². The number of benzene rings is 1. The summed E-state index contributed by atoms with van der Waals surface area (Å²) >= 11 is 3.14. The zero-order valence-corrected chi connectivity index (χ0v) is 14.8. The second-order valence-electron chi connectivity index (χ2n) is 5.53. The van der Waals surface area contributed by atoms with E-state index in [0.717, 1.165) is 33.1 Å². The van der Waals surface area contributed by atoms with Crippen LogP contribution in [0.4, 0.5) is 0 Å². The number of aromatic nitrogens is 2. The number of hydrogen-bond donors (Lipinski definition) is 1. The number of rotatable bonds is 4. The van der Waals surface area contributed by atoms with Gasteiger partial charge in [-0.2, -0.15) is 0 Å². The second kappa shape index (κ2) is 6.61. The summed E-state index contributed by atoms with van der Waals surface area (Å²) in [7, 11) is 1.67. The molecule has 0 aliphatic carbocycles. The van der Waals surface area contributed by atoms with E-state index in [2.05, 4.69) is 42.7 Å². The third kappa shape index (κ3) is 3.05. The highest BCUT2D eigenvalue weighted by Crippen LogP contribution is 2.32. The van der Waals surface area contributed by atoms with E-state index in [-0.39, 0.29) is 6.10 Å². The molecule has 0 aliphatic rings. The Morgan fingerprint density at radius 2 is 2.13 bits per heavy atom. The number of halogens is 1. The summed E-state index contributed by atoms with van der Waals surface area (Å²) in [5.41, 5.74) is 3.70. The fourth-order valence-electron chi connectivity index (χ4n) is 2.72. The van der Waals surface area contributed by atoms with Gasteiger partial charge in [-0.3, -0.25) is 0 Å². The molecule has 0 amide bonds. The molecule has 0 radical (unpaired) electrons. The van der Waals surface area contributed by atoms with Crippen LogP contribution in [0.25, 0.3) is 21.8 Å². The number of H-pyrrole nitrogens is 1. The van der Waals surface area contributed by atoms with Crippen molar-refractivity contribution in [2.24, 2.45) is 0 Å². The van der Waals surface area contributed by atoms with Crippen molar-refractivity contribution in [3.63, 3.8) is 0 Å². The van der Waals surface area contributed by atoms with Crippen LogP contribution in [-0.4, -0.2) is 23.2 Å². The smallest absolute Gasteiger partial charge is 0.120 e. The number of ether oxygens (including phenoxy) is 2. The van der Waals surface area contributed by atoms with Crippen molar-refractivity contribution in [1.82, 2.24) is 9.97 Å².